The minimum Gasteiger partial charge on any atom is -0.312 e. The number of benzene rings is 2. The summed E-state index contributed by atoms with van der Waals surface area (Å²) in [7, 11) is -3.66. The molecule has 138 valence electrons. The fraction of sp³-hybridized carbons (Fsp3) is 0.350. The predicted octanol–water partition coefficient (Wildman–Crippen LogP) is 3.91. The molecule has 0 spiro atoms. The number of hydrogen-bond donors (Lipinski definition) is 1. The third kappa shape index (κ3) is 3.60. The van der Waals surface area contributed by atoms with Gasteiger partial charge in [-0.3, -0.25) is 9.52 Å². The Morgan fingerprint density at radius 1 is 1.19 bits per heavy atom. The monoisotopic (exact) mass is 372 g/mol. The van der Waals surface area contributed by atoms with Crippen LogP contribution < -0.4 is 9.62 Å². The van der Waals surface area contributed by atoms with Crippen molar-refractivity contribution < 1.29 is 13.2 Å². The molecular weight excluding hydrogens is 348 g/mol. The largest absolute Gasteiger partial charge is 0.312 e. The molecule has 1 N–H and O–H groups in total. The molecule has 0 fully saturated rings. The second-order valence-corrected chi connectivity index (χ2v) is 8.43. The normalized spacial score (nSPS) is 14.8. The molecule has 0 aliphatic carbocycles. The number of nitrogens with one attached hydrogen (secondary N) is 1. The lowest BCUT2D eigenvalue weighted by Gasteiger charge is -2.15. The van der Waals surface area contributed by atoms with E-state index in [1.54, 1.807) is 35.2 Å². The van der Waals surface area contributed by atoms with Crippen molar-refractivity contribution in [3.8, 4) is 0 Å². The smallest absolute Gasteiger partial charge is 0.261 e. The molecule has 2 aromatic rings. The van der Waals surface area contributed by atoms with Crippen LogP contribution in [0.1, 0.15) is 44.2 Å². The van der Waals surface area contributed by atoms with Crippen LogP contribution in [0.5, 0.6) is 0 Å². The van der Waals surface area contributed by atoms with Gasteiger partial charge in [0.2, 0.25) is 5.91 Å². The van der Waals surface area contributed by atoms with E-state index < -0.39 is 10.0 Å². The summed E-state index contributed by atoms with van der Waals surface area (Å²) in [6, 6.07) is 12.4. The standard InChI is InChI=1S/C20H24N2O3S/c1-4-14(2)16-5-7-18(8-6-16)21-26(24,25)19-9-10-20-17(13-19)11-12-22(20)15(3)23/h5-10,13-14,21H,4,11-12H2,1-3H3. The second kappa shape index (κ2) is 7.11. The SMILES string of the molecule is CCC(C)c1ccc(NS(=O)(=O)c2ccc3c(c2)CCN3C(C)=O)cc1. The molecule has 0 radical (unpaired) electrons. The Hall–Kier alpha value is -2.34. The van der Waals surface area contributed by atoms with E-state index in [4.69, 9.17) is 0 Å². The summed E-state index contributed by atoms with van der Waals surface area (Å²) in [6.07, 6.45) is 1.71. The Labute approximate surface area is 155 Å². The Morgan fingerprint density at radius 2 is 1.88 bits per heavy atom. The fourth-order valence-electron chi connectivity index (χ4n) is 3.20. The molecule has 0 bridgehead atoms. The molecule has 1 amide bonds. The number of sulfonamides is 1. The van der Waals surface area contributed by atoms with Gasteiger partial charge in [0.15, 0.2) is 0 Å². The van der Waals surface area contributed by atoms with E-state index in [0.717, 1.165) is 17.7 Å². The first-order valence-corrected chi connectivity index (χ1v) is 10.3. The van der Waals surface area contributed by atoms with E-state index in [1.165, 1.54) is 12.5 Å². The van der Waals surface area contributed by atoms with Crippen LogP contribution in [0, 0.1) is 0 Å². The topological polar surface area (TPSA) is 66.5 Å². The summed E-state index contributed by atoms with van der Waals surface area (Å²) in [4.78, 5) is 13.5. The van der Waals surface area contributed by atoms with E-state index in [2.05, 4.69) is 18.6 Å². The molecule has 6 heteroatoms. The van der Waals surface area contributed by atoms with Crippen molar-refractivity contribution in [3.05, 3.63) is 53.6 Å². The van der Waals surface area contributed by atoms with Crippen molar-refractivity contribution in [2.75, 3.05) is 16.2 Å². The summed E-state index contributed by atoms with van der Waals surface area (Å²) in [5.41, 5.74) is 3.42. The van der Waals surface area contributed by atoms with Crippen LogP contribution in [0.15, 0.2) is 47.4 Å². The van der Waals surface area contributed by atoms with Crippen LogP contribution in [0.25, 0.3) is 0 Å². The van der Waals surface area contributed by atoms with Gasteiger partial charge in [0.25, 0.3) is 10.0 Å². The van der Waals surface area contributed by atoms with Gasteiger partial charge in [0, 0.05) is 24.8 Å². The van der Waals surface area contributed by atoms with Crippen molar-refractivity contribution in [1.82, 2.24) is 0 Å². The van der Waals surface area contributed by atoms with Crippen molar-refractivity contribution in [2.24, 2.45) is 0 Å². The highest BCUT2D eigenvalue weighted by molar-refractivity contribution is 7.92. The number of carbonyl (C=O) groups is 1. The molecule has 1 aliphatic heterocycles. The van der Waals surface area contributed by atoms with Gasteiger partial charge in [-0.25, -0.2) is 8.42 Å². The molecule has 26 heavy (non-hydrogen) atoms. The highest BCUT2D eigenvalue weighted by Crippen LogP contribution is 2.31. The van der Waals surface area contributed by atoms with Gasteiger partial charge < -0.3 is 4.90 Å². The summed E-state index contributed by atoms with van der Waals surface area (Å²) in [6.45, 7) is 6.39. The van der Waals surface area contributed by atoms with E-state index in [-0.39, 0.29) is 10.8 Å². The van der Waals surface area contributed by atoms with E-state index >= 15 is 0 Å². The Bertz CT molecular complexity index is 921. The van der Waals surface area contributed by atoms with Crippen LogP contribution in [0.2, 0.25) is 0 Å². The lowest BCUT2D eigenvalue weighted by molar-refractivity contribution is -0.116. The second-order valence-electron chi connectivity index (χ2n) is 6.75. The lowest BCUT2D eigenvalue weighted by Crippen LogP contribution is -2.25. The number of amides is 1. The van der Waals surface area contributed by atoms with Crippen molar-refractivity contribution >= 4 is 27.3 Å². The highest BCUT2D eigenvalue weighted by Gasteiger charge is 2.24. The van der Waals surface area contributed by atoms with Gasteiger partial charge in [-0.15, -0.1) is 0 Å². The zero-order chi connectivity index (χ0) is 18.9. The Kier molecular flexibility index (Phi) is 5.05. The van der Waals surface area contributed by atoms with Gasteiger partial charge in [0.1, 0.15) is 0 Å². The fourth-order valence-corrected chi connectivity index (χ4v) is 4.31. The maximum atomic E-state index is 12.7. The van der Waals surface area contributed by atoms with E-state index in [1.807, 2.05) is 12.1 Å². The summed E-state index contributed by atoms with van der Waals surface area (Å²) in [5.74, 6) is 0.417. The number of hydrogen-bond acceptors (Lipinski definition) is 3. The first-order valence-electron chi connectivity index (χ1n) is 8.85. The number of fused-ring (bicyclic) bond motifs is 1. The molecule has 0 aromatic heterocycles. The molecular formula is C20H24N2O3S. The molecule has 1 heterocycles. The number of anilines is 2. The minimum absolute atomic E-state index is 0.0288. The molecule has 3 rings (SSSR count). The van der Waals surface area contributed by atoms with E-state index in [0.29, 0.717) is 24.6 Å². The van der Waals surface area contributed by atoms with Crippen molar-refractivity contribution in [2.45, 2.75) is 44.4 Å². The predicted molar refractivity (Wildman–Crippen MR) is 104 cm³/mol. The van der Waals surface area contributed by atoms with E-state index in [9.17, 15) is 13.2 Å². The van der Waals surface area contributed by atoms with Gasteiger partial charge >= 0.3 is 0 Å². The molecule has 5 nitrogen and oxygen atoms in total. The van der Waals surface area contributed by atoms with Gasteiger partial charge in [0.05, 0.1) is 4.90 Å². The average molecular weight is 372 g/mol. The van der Waals surface area contributed by atoms with Crippen LogP contribution >= 0.6 is 0 Å². The molecule has 2 aromatic carbocycles. The van der Waals surface area contributed by atoms with Crippen LogP contribution in [-0.4, -0.2) is 20.9 Å². The maximum Gasteiger partial charge on any atom is 0.261 e. The zero-order valence-electron chi connectivity index (χ0n) is 15.3. The number of nitrogens with zero attached hydrogens (tertiary/aromatic N) is 1. The first kappa shape index (κ1) is 18.5. The summed E-state index contributed by atoms with van der Waals surface area (Å²) in [5, 5.41) is 0. The molecule has 0 saturated carbocycles. The molecule has 1 aliphatic rings. The van der Waals surface area contributed by atoms with Crippen LogP contribution in [0.4, 0.5) is 11.4 Å². The third-order valence-corrected chi connectivity index (χ3v) is 6.36. The molecule has 1 unspecified atom stereocenters. The first-order chi connectivity index (χ1) is 12.3. The van der Waals surface area contributed by atoms with Gasteiger partial charge in [-0.05, 0) is 60.2 Å². The quantitative estimate of drug-likeness (QED) is 0.865. The summed E-state index contributed by atoms with van der Waals surface area (Å²) < 4.78 is 28.0. The highest BCUT2D eigenvalue weighted by atomic mass is 32.2. The third-order valence-electron chi connectivity index (χ3n) is 4.98. The van der Waals surface area contributed by atoms with Crippen LogP contribution in [-0.2, 0) is 21.2 Å². The zero-order valence-corrected chi connectivity index (χ0v) is 16.1. The van der Waals surface area contributed by atoms with Gasteiger partial charge in [-0.2, -0.15) is 0 Å². The van der Waals surface area contributed by atoms with Crippen molar-refractivity contribution in [3.63, 3.8) is 0 Å². The lowest BCUT2D eigenvalue weighted by atomic mass is 9.99. The average Bonchev–Trinajstić information content (AvgIpc) is 3.05. The molecule has 1 atom stereocenters. The molecule has 0 saturated heterocycles. The Balaban J connectivity index is 1.82. The van der Waals surface area contributed by atoms with Crippen molar-refractivity contribution in [1.29, 1.82) is 0 Å². The number of carbonyl (C=O) groups excluding carboxylic acids is 1. The van der Waals surface area contributed by atoms with Gasteiger partial charge in [-0.1, -0.05) is 26.0 Å². The number of rotatable bonds is 5. The minimum atomic E-state index is -3.66. The summed E-state index contributed by atoms with van der Waals surface area (Å²) >= 11 is 0. The van der Waals surface area contributed by atoms with Crippen LogP contribution in [0.3, 0.4) is 0 Å². The maximum absolute atomic E-state index is 12.7. The Morgan fingerprint density at radius 3 is 2.50 bits per heavy atom.